The van der Waals surface area contributed by atoms with E-state index in [1.165, 1.54) is 0 Å². The molecule has 0 radical (unpaired) electrons. The van der Waals surface area contributed by atoms with Gasteiger partial charge in [0.2, 0.25) is 5.91 Å². The molecule has 0 N–H and O–H groups in total. The summed E-state index contributed by atoms with van der Waals surface area (Å²) in [6.45, 7) is 4.93. The van der Waals surface area contributed by atoms with Crippen LogP contribution in [-0.2, 0) is 20.7 Å². The van der Waals surface area contributed by atoms with Crippen molar-refractivity contribution >= 4 is 5.91 Å². The van der Waals surface area contributed by atoms with Gasteiger partial charge in [-0.3, -0.25) is 4.79 Å². The molecule has 2 fully saturated rings. The summed E-state index contributed by atoms with van der Waals surface area (Å²) in [7, 11) is 0. The van der Waals surface area contributed by atoms with Gasteiger partial charge in [0.1, 0.15) is 0 Å². The molecule has 22 heavy (non-hydrogen) atoms. The smallest absolute Gasteiger partial charge is 0.227 e. The van der Waals surface area contributed by atoms with Crippen LogP contribution in [0.25, 0.3) is 0 Å². The van der Waals surface area contributed by atoms with Crippen LogP contribution in [0, 0.1) is 5.92 Å². The van der Waals surface area contributed by atoms with Crippen molar-refractivity contribution in [3.05, 3.63) is 35.9 Å². The van der Waals surface area contributed by atoms with Gasteiger partial charge in [-0.05, 0) is 31.2 Å². The highest BCUT2D eigenvalue weighted by atomic mass is 16.5. The Kier molecular flexibility index (Phi) is 5.11. The molecule has 3 rings (SSSR count). The fourth-order valence-corrected chi connectivity index (χ4v) is 3.65. The van der Waals surface area contributed by atoms with E-state index in [0.717, 1.165) is 31.6 Å². The van der Waals surface area contributed by atoms with Gasteiger partial charge in [-0.1, -0.05) is 30.3 Å². The van der Waals surface area contributed by atoms with Gasteiger partial charge >= 0.3 is 0 Å². The highest BCUT2D eigenvalue weighted by Crippen LogP contribution is 2.34. The molecular weight excluding hydrogens is 278 g/mol. The molecule has 0 bridgehead atoms. The Labute approximate surface area is 132 Å². The third kappa shape index (κ3) is 3.50. The van der Waals surface area contributed by atoms with E-state index in [1.54, 1.807) is 0 Å². The average Bonchev–Trinajstić information content (AvgIpc) is 2.96. The standard InChI is InChI=1S/C18H25NO3/c1-2-21-13-15-10-16-17(11-15)22-9-8-19(16)18(20)12-14-6-4-3-5-7-14/h3-7,15-17H,2,8-13H2,1H3/t15-,16-,17-/m0/s1. The first kappa shape index (κ1) is 15.5. The number of amides is 1. The Morgan fingerprint density at radius 3 is 2.91 bits per heavy atom. The number of carbonyl (C=O) groups is 1. The summed E-state index contributed by atoms with van der Waals surface area (Å²) >= 11 is 0. The summed E-state index contributed by atoms with van der Waals surface area (Å²) in [6.07, 6.45) is 2.70. The number of ether oxygens (including phenoxy) is 2. The molecule has 1 aromatic rings. The lowest BCUT2D eigenvalue weighted by Crippen LogP contribution is -2.51. The van der Waals surface area contributed by atoms with Gasteiger partial charge in [0.25, 0.3) is 0 Å². The predicted octanol–water partition coefficient (Wildman–Crippen LogP) is 2.27. The van der Waals surface area contributed by atoms with Gasteiger partial charge in [0.05, 0.1) is 25.2 Å². The number of rotatable bonds is 5. The second-order valence-electron chi connectivity index (χ2n) is 6.22. The summed E-state index contributed by atoms with van der Waals surface area (Å²) in [5, 5.41) is 0. The molecular formula is C18H25NO3. The third-order valence-corrected chi connectivity index (χ3v) is 4.71. The van der Waals surface area contributed by atoms with Crippen molar-refractivity contribution in [1.29, 1.82) is 0 Å². The number of hydrogen-bond donors (Lipinski definition) is 0. The van der Waals surface area contributed by atoms with Crippen LogP contribution >= 0.6 is 0 Å². The first-order chi connectivity index (χ1) is 10.8. The molecule has 1 amide bonds. The minimum atomic E-state index is 0.193. The number of carbonyl (C=O) groups excluding carboxylic acids is 1. The van der Waals surface area contributed by atoms with E-state index in [9.17, 15) is 4.79 Å². The fraction of sp³-hybridized carbons (Fsp3) is 0.611. The number of morpholine rings is 1. The van der Waals surface area contributed by atoms with Crippen LogP contribution in [0.15, 0.2) is 30.3 Å². The van der Waals surface area contributed by atoms with E-state index in [4.69, 9.17) is 9.47 Å². The molecule has 1 saturated heterocycles. The third-order valence-electron chi connectivity index (χ3n) is 4.71. The highest BCUT2D eigenvalue weighted by Gasteiger charge is 2.42. The van der Waals surface area contributed by atoms with Crippen LogP contribution in [0.2, 0.25) is 0 Å². The Bertz CT molecular complexity index is 490. The van der Waals surface area contributed by atoms with Crippen molar-refractivity contribution < 1.29 is 14.3 Å². The fourth-order valence-electron chi connectivity index (χ4n) is 3.65. The molecule has 1 aliphatic heterocycles. The van der Waals surface area contributed by atoms with Crippen molar-refractivity contribution in [3.63, 3.8) is 0 Å². The molecule has 3 atom stereocenters. The van der Waals surface area contributed by atoms with Crippen molar-refractivity contribution in [1.82, 2.24) is 4.90 Å². The van der Waals surface area contributed by atoms with Gasteiger partial charge in [0, 0.05) is 19.8 Å². The molecule has 0 spiro atoms. The SMILES string of the molecule is CCOC[C@@H]1C[C@@H]2OCCN(C(=O)Cc3ccccc3)[C@H]2C1. The maximum atomic E-state index is 12.7. The lowest BCUT2D eigenvalue weighted by molar-refractivity contribution is -0.143. The summed E-state index contributed by atoms with van der Waals surface area (Å²) in [6, 6.07) is 10.2. The first-order valence-corrected chi connectivity index (χ1v) is 8.30. The molecule has 1 saturated carbocycles. The Balaban J connectivity index is 1.62. The van der Waals surface area contributed by atoms with Crippen LogP contribution < -0.4 is 0 Å². The Morgan fingerprint density at radius 2 is 2.14 bits per heavy atom. The molecule has 0 aromatic heterocycles. The van der Waals surface area contributed by atoms with Crippen molar-refractivity contribution in [2.75, 3.05) is 26.4 Å². The number of nitrogens with zero attached hydrogens (tertiary/aromatic N) is 1. The minimum absolute atomic E-state index is 0.193. The largest absolute Gasteiger partial charge is 0.381 e. The molecule has 0 unspecified atom stereocenters. The van der Waals surface area contributed by atoms with E-state index in [0.29, 0.717) is 25.5 Å². The maximum absolute atomic E-state index is 12.7. The zero-order chi connectivity index (χ0) is 15.4. The van der Waals surface area contributed by atoms with Gasteiger partial charge in [-0.2, -0.15) is 0 Å². The molecule has 4 nitrogen and oxygen atoms in total. The second-order valence-corrected chi connectivity index (χ2v) is 6.22. The van der Waals surface area contributed by atoms with Gasteiger partial charge in [-0.15, -0.1) is 0 Å². The van der Waals surface area contributed by atoms with E-state index in [2.05, 4.69) is 0 Å². The Hall–Kier alpha value is -1.39. The van der Waals surface area contributed by atoms with Crippen molar-refractivity contribution in [3.8, 4) is 0 Å². The predicted molar refractivity (Wildman–Crippen MR) is 84.6 cm³/mol. The van der Waals surface area contributed by atoms with Gasteiger partial charge in [0.15, 0.2) is 0 Å². The summed E-state index contributed by atoms with van der Waals surface area (Å²) in [5.74, 6) is 0.738. The molecule has 1 aromatic carbocycles. The quantitative estimate of drug-likeness (QED) is 0.837. The molecule has 4 heteroatoms. The molecule has 1 heterocycles. The van der Waals surface area contributed by atoms with Crippen LogP contribution in [0.4, 0.5) is 0 Å². The molecule has 1 aliphatic carbocycles. The molecule has 2 aliphatic rings. The van der Waals surface area contributed by atoms with E-state index >= 15 is 0 Å². The summed E-state index contributed by atoms with van der Waals surface area (Å²) < 4.78 is 11.4. The lowest BCUT2D eigenvalue weighted by Gasteiger charge is -2.37. The second kappa shape index (κ2) is 7.25. The monoisotopic (exact) mass is 303 g/mol. The summed E-state index contributed by atoms with van der Waals surface area (Å²) in [4.78, 5) is 14.7. The van der Waals surface area contributed by atoms with Crippen LogP contribution in [-0.4, -0.2) is 49.3 Å². The Morgan fingerprint density at radius 1 is 1.32 bits per heavy atom. The van der Waals surface area contributed by atoms with Crippen molar-refractivity contribution in [2.24, 2.45) is 5.92 Å². The highest BCUT2D eigenvalue weighted by molar-refractivity contribution is 5.79. The van der Waals surface area contributed by atoms with Crippen molar-refractivity contribution in [2.45, 2.75) is 38.3 Å². The lowest BCUT2D eigenvalue weighted by atomic mass is 10.1. The van der Waals surface area contributed by atoms with Gasteiger partial charge in [-0.25, -0.2) is 0 Å². The molecule has 120 valence electrons. The van der Waals surface area contributed by atoms with E-state index in [1.807, 2.05) is 42.2 Å². The van der Waals surface area contributed by atoms with E-state index in [-0.39, 0.29) is 18.1 Å². The number of benzene rings is 1. The maximum Gasteiger partial charge on any atom is 0.227 e. The average molecular weight is 303 g/mol. The normalized spacial score (nSPS) is 27.7. The number of fused-ring (bicyclic) bond motifs is 1. The zero-order valence-electron chi connectivity index (χ0n) is 13.2. The number of hydrogen-bond acceptors (Lipinski definition) is 3. The summed E-state index contributed by atoms with van der Waals surface area (Å²) in [5.41, 5.74) is 1.08. The van der Waals surface area contributed by atoms with E-state index < -0.39 is 0 Å². The van der Waals surface area contributed by atoms with Crippen LogP contribution in [0.1, 0.15) is 25.3 Å². The van der Waals surface area contributed by atoms with Crippen LogP contribution in [0.5, 0.6) is 0 Å². The topological polar surface area (TPSA) is 38.8 Å². The minimum Gasteiger partial charge on any atom is -0.381 e. The van der Waals surface area contributed by atoms with Crippen LogP contribution in [0.3, 0.4) is 0 Å². The zero-order valence-corrected chi connectivity index (χ0v) is 13.2. The first-order valence-electron chi connectivity index (χ1n) is 8.30. The van der Waals surface area contributed by atoms with Gasteiger partial charge < -0.3 is 14.4 Å².